The minimum Gasteiger partial charge on any atom is -0.273 e. The Morgan fingerprint density at radius 3 is 1.16 bits per heavy atom. The van der Waals surface area contributed by atoms with Gasteiger partial charge in [-0.1, -0.05) is 6.42 Å². The Morgan fingerprint density at radius 1 is 0.568 bits per heavy atom. The van der Waals surface area contributed by atoms with E-state index in [1.807, 2.05) is 0 Å². The van der Waals surface area contributed by atoms with Crippen LogP contribution >= 0.6 is 0 Å². The molecule has 8 fully saturated rings. The van der Waals surface area contributed by atoms with Crippen LogP contribution in [0.4, 0.5) is 0 Å². The molecule has 2 amide bonds. The molecule has 6 heteroatoms. The van der Waals surface area contributed by atoms with Crippen molar-refractivity contribution in [1.29, 1.82) is 0 Å². The summed E-state index contributed by atoms with van der Waals surface area (Å²) >= 11 is 0. The normalized spacial score (nSPS) is 41.8. The number of nitrogens with one attached hydrogen (secondary N) is 2. The number of carbonyl (C=O) groups excluding carboxylic acids is 2. The van der Waals surface area contributed by atoms with Crippen LogP contribution in [-0.2, 0) is 9.59 Å². The molecule has 0 aliphatic heterocycles. The largest absolute Gasteiger partial charge is 0.273 e. The van der Waals surface area contributed by atoms with E-state index in [4.69, 9.17) is 0 Å². The Hall–Kier alpha value is -1.72. The molecule has 0 heterocycles. The summed E-state index contributed by atoms with van der Waals surface area (Å²) < 4.78 is 0. The summed E-state index contributed by atoms with van der Waals surface area (Å²) in [5.74, 6) is 5.32. The Balaban J connectivity index is 0.879. The van der Waals surface area contributed by atoms with Crippen molar-refractivity contribution >= 4 is 23.2 Å². The van der Waals surface area contributed by atoms with Gasteiger partial charge in [-0.2, -0.15) is 10.2 Å². The van der Waals surface area contributed by atoms with Gasteiger partial charge >= 0.3 is 0 Å². The molecule has 8 saturated carbocycles. The molecule has 8 aliphatic carbocycles. The van der Waals surface area contributed by atoms with Crippen LogP contribution in [0, 0.1) is 46.3 Å². The molecule has 2 N–H and O–H groups in total. The fraction of sp³-hybridized carbons (Fsp3) is 0.871. The zero-order valence-corrected chi connectivity index (χ0v) is 23.2. The highest BCUT2D eigenvalue weighted by Gasteiger charge is 2.53. The number of unbranched alkanes of at least 4 members (excludes halogenated alkanes) is 2. The number of amides is 2. The third-order valence-corrected chi connectivity index (χ3v) is 11.6. The molecule has 0 spiro atoms. The predicted molar refractivity (Wildman–Crippen MR) is 147 cm³/mol. The molecule has 0 aromatic rings. The Bertz CT molecular complexity index is 820. The summed E-state index contributed by atoms with van der Waals surface area (Å²) in [6, 6.07) is 0. The van der Waals surface area contributed by atoms with Crippen LogP contribution in [0.25, 0.3) is 0 Å². The molecule has 8 aliphatic rings. The molecule has 37 heavy (non-hydrogen) atoms. The van der Waals surface area contributed by atoms with E-state index in [1.165, 1.54) is 77.0 Å². The molecule has 8 bridgehead atoms. The zero-order chi connectivity index (χ0) is 25.6. The first-order valence-corrected chi connectivity index (χ1v) is 15.5. The van der Waals surface area contributed by atoms with E-state index in [9.17, 15) is 9.59 Å². The van der Waals surface area contributed by atoms with Crippen LogP contribution in [0.5, 0.6) is 0 Å². The van der Waals surface area contributed by atoms with Gasteiger partial charge < -0.3 is 0 Å². The van der Waals surface area contributed by atoms with E-state index >= 15 is 0 Å². The number of nitrogens with zero attached hydrogens (tertiary/aromatic N) is 2. The lowest BCUT2D eigenvalue weighted by atomic mass is 9.48. The predicted octanol–water partition coefficient (Wildman–Crippen LogP) is 6.35. The molecule has 8 rings (SSSR count). The standard InChI is InChI=1S/C31H48N4O2/c1-20(30-14-22-8-23(15-30)10-24(9-22)16-30)32-34-28(36)6-4-3-5-7-29(37)35-33-21(2)31-17-25-11-26(18-31)13-27(12-25)19-31/h22-27H,3-19H2,1-2H3,(H,34,36)(H,35,37). The summed E-state index contributed by atoms with van der Waals surface area (Å²) in [6.07, 6.45) is 19.6. The maximum Gasteiger partial charge on any atom is 0.240 e. The molecule has 0 atom stereocenters. The fourth-order valence-corrected chi connectivity index (χ4v) is 10.5. The maximum absolute atomic E-state index is 12.4. The first-order chi connectivity index (χ1) is 17.8. The quantitative estimate of drug-likeness (QED) is 0.205. The lowest BCUT2D eigenvalue weighted by Crippen LogP contribution is -2.49. The highest BCUT2D eigenvalue weighted by molar-refractivity contribution is 5.90. The SMILES string of the molecule is CC(=NNC(=O)CCCCCC(=O)NN=C(C)C12CC3CC(CC(C3)C1)C2)C12CC3CC(CC(C3)C1)C2. The molecular weight excluding hydrogens is 460 g/mol. The van der Waals surface area contributed by atoms with Crippen molar-refractivity contribution in [3.8, 4) is 0 Å². The first kappa shape index (κ1) is 25.6. The van der Waals surface area contributed by atoms with Crippen LogP contribution in [0.2, 0.25) is 0 Å². The van der Waals surface area contributed by atoms with Crippen molar-refractivity contribution in [2.45, 2.75) is 123 Å². The maximum atomic E-state index is 12.4. The van der Waals surface area contributed by atoms with Gasteiger partial charge in [0.15, 0.2) is 0 Å². The van der Waals surface area contributed by atoms with Gasteiger partial charge in [0.05, 0.1) is 0 Å². The topological polar surface area (TPSA) is 82.9 Å². The highest BCUT2D eigenvalue weighted by atomic mass is 16.2. The second-order valence-electron chi connectivity index (χ2n) is 14.4. The monoisotopic (exact) mass is 508 g/mol. The molecule has 0 aromatic heterocycles. The molecule has 0 radical (unpaired) electrons. The Morgan fingerprint density at radius 2 is 0.865 bits per heavy atom. The van der Waals surface area contributed by atoms with Crippen LogP contribution in [-0.4, -0.2) is 23.2 Å². The summed E-state index contributed by atoms with van der Waals surface area (Å²) in [7, 11) is 0. The van der Waals surface area contributed by atoms with Crippen molar-refractivity contribution in [3.63, 3.8) is 0 Å². The van der Waals surface area contributed by atoms with E-state index in [-0.39, 0.29) is 22.6 Å². The average molecular weight is 509 g/mol. The minimum atomic E-state index is 0.00401. The number of hydrazone groups is 2. The second kappa shape index (κ2) is 10.1. The van der Waals surface area contributed by atoms with Gasteiger partial charge in [-0.25, -0.2) is 10.9 Å². The smallest absolute Gasteiger partial charge is 0.240 e. The summed E-state index contributed by atoms with van der Waals surface area (Å²) in [4.78, 5) is 24.8. The minimum absolute atomic E-state index is 0.00401. The third-order valence-electron chi connectivity index (χ3n) is 11.6. The lowest BCUT2D eigenvalue weighted by Gasteiger charge is -2.56. The summed E-state index contributed by atoms with van der Waals surface area (Å²) in [6.45, 7) is 4.28. The van der Waals surface area contributed by atoms with E-state index in [1.54, 1.807) is 0 Å². The summed E-state index contributed by atoms with van der Waals surface area (Å²) in [5.41, 5.74) is 8.51. The molecule has 204 valence electrons. The van der Waals surface area contributed by atoms with E-state index in [0.29, 0.717) is 12.8 Å². The van der Waals surface area contributed by atoms with Crippen LogP contribution in [0.1, 0.15) is 123 Å². The number of hydrogen-bond acceptors (Lipinski definition) is 4. The molecule has 0 saturated heterocycles. The second-order valence-corrected chi connectivity index (χ2v) is 14.4. The van der Waals surface area contributed by atoms with Crippen molar-refractivity contribution in [2.24, 2.45) is 56.5 Å². The van der Waals surface area contributed by atoms with Crippen molar-refractivity contribution in [2.75, 3.05) is 0 Å². The van der Waals surface area contributed by atoms with E-state index < -0.39 is 0 Å². The van der Waals surface area contributed by atoms with Crippen LogP contribution < -0.4 is 10.9 Å². The molecule has 0 unspecified atom stereocenters. The van der Waals surface area contributed by atoms with Crippen LogP contribution in [0.3, 0.4) is 0 Å². The molecular formula is C31H48N4O2. The highest BCUT2D eigenvalue weighted by Crippen LogP contribution is 2.61. The Labute approximate surface area is 223 Å². The van der Waals surface area contributed by atoms with E-state index in [0.717, 1.165) is 66.2 Å². The Kier molecular flexibility index (Phi) is 6.98. The van der Waals surface area contributed by atoms with Gasteiger partial charge in [0.2, 0.25) is 11.8 Å². The van der Waals surface area contributed by atoms with Gasteiger partial charge in [0.1, 0.15) is 0 Å². The van der Waals surface area contributed by atoms with Gasteiger partial charge in [0.25, 0.3) is 0 Å². The molecule has 6 nitrogen and oxygen atoms in total. The number of carbonyl (C=O) groups is 2. The summed E-state index contributed by atoms with van der Waals surface area (Å²) in [5, 5.41) is 9.18. The van der Waals surface area contributed by atoms with Gasteiger partial charge in [0, 0.05) is 35.1 Å². The average Bonchev–Trinajstić information content (AvgIpc) is 2.84. The van der Waals surface area contributed by atoms with Gasteiger partial charge in [-0.05, 0) is 139 Å². The third kappa shape index (κ3) is 5.28. The number of rotatable bonds is 10. The van der Waals surface area contributed by atoms with Crippen LogP contribution in [0.15, 0.2) is 10.2 Å². The fourth-order valence-electron chi connectivity index (χ4n) is 10.5. The van der Waals surface area contributed by atoms with Crippen molar-refractivity contribution in [1.82, 2.24) is 10.9 Å². The molecule has 0 aromatic carbocycles. The van der Waals surface area contributed by atoms with Gasteiger partial charge in [-0.15, -0.1) is 0 Å². The zero-order valence-electron chi connectivity index (χ0n) is 23.2. The van der Waals surface area contributed by atoms with E-state index in [2.05, 4.69) is 34.9 Å². The lowest BCUT2D eigenvalue weighted by molar-refractivity contribution is -0.121. The van der Waals surface area contributed by atoms with Gasteiger partial charge in [-0.3, -0.25) is 9.59 Å². The van der Waals surface area contributed by atoms with Crippen molar-refractivity contribution < 1.29 is 9.59 Å². The first-order valence-electron chi connectivity index (χ1n) is 15.5. The number of hydrogen-bond donors (Lipinski definition) is 2. The van der Waals surface area contributed by atoms with Crippen molar-refractivity contribution in [3.05, 3.63) is 0 Å².